The minimum absolute atomic E-state index is 0.0521. The molecule has 1 aromatic rings. The molecule has 0 aromatic heterocycles. The molecule has 1 heterocycles. The Morgan fingerprint density at radius 1 is 1.25 bits per heavy atom. The summed E-state index contributed by atoms with van der Waals surface area (Å²) in [4.78, 5) is 11.7. The van der Waals surface area contributed by atoms with Crippen LogP contribution in [0.3, 0.4) is 0 Å². The first-order chi connectivity index (χ1) is 9.70. The molecule has 0 spiro atoms. The van der Waals surface area contributed by atoms with Gasteiger partial charge in [0.05, 0.1) is 0 Å². The van der Waals surface area contributed by atoms with Crippen molar-refractivity contribution in [3.8, 4) is 0 Å². The van der Waals surface area contributed by atoms with Gasteiger partial charge in [0, 0.05) is 18.4 Å². The smallest absolute Gasteiger partial charge is 0.323 e. The molecule has 108 valence electrons. The van der Waals surface area contributed by atoms with Crippen LogP contribution in [0.5, 0.6) is 0 Å². The molecule has 3 rings (SSSR count). The van der Waals surface area contributed by atoms with Crippen LogP contribution < -0.4 is 5.32 Å². The standard InChI is InChI=1S/C17H23NO2/c1-13-11-15(16(19)20-13)18-12-17(9-5-6-10-17)14-7-3-2-4-8-14/h2-4,7-8,13,15,18H,5-6,9-12H2,1H3/t13-,15+/m1/s1. The van der Waals surface area contributed by atoms with Gasteiger partial charge in [-0.25, -0.2) is 0 Å². The average molecular weight is 273 g/mol. The van der Waals surface area contributed by atoms with E-state index in [0.717, 1.165) is 13.0 Å². The molecule has 1 aliphatic heterocycles. The molecule has 1 saturated carbocycles. The summed E-state index contributed by atoms with van der Waals surface area (Å²) in [5.74, 6) is -0.0845. The fraction of sp³-hybridized carbons (Fsp3) is 0.588. The first kappa shape index (κ1) is 13.6. The van der Waals surface area contributed by atoms with Gasteiger partial charge in [0.25, 0.3) is 0 Å². The van der Waals surface area contributed by atoms with Crippen molar-refractivity contribution in [3.63, 3.8) is 0 Å². The van der Waals surface area contributed by atoms with Crippen molar-refractivity contribution < 1.29 is 9.53 Å². The van der Waals surface area contributed by atoms with Crippen LogP contribution in [-0.2, 0) is 14.9 Å². The lowest BCUT2D eigenvalue weighted by Gasteiger charge is -2.31. The molecule has 3 heteroatoms. The van der Waals surface area contributed by atoms with Crippen molar-refractivity contribution in [2.24, 2.45) is 0 Å². The third-order valence-corrected chi connectivity index (χ3v) is 4.80. The van der Waals surface area contributed by atoms with Gasteiger partial charge in [-0.1, -0.05) is 43.2 Å². The van der Waals surface area contributed by atoms with E-state index in [4.69, 9.17) is 4.74 Å². The van der Waals surface area contributed by atoms with Crippen molar-refractivity contribution in [2.75, 3.05) is 6.54 Å². The number of ether oxygens (including phenoxy) is 1. The molecule has 0 unspecified atom stereocenters. The van der Waals surface area contributed by atoms with Crippen LogP contribution in [0, 0.1) is 0 Å². The molecule has 3 nitrogen and oxygen atoms in total. The van der Waals surface area contributed by atoms with Gasteiger partial charge < -0.3 is 10.1 Å². The zero-order chi connectivity index (χ0) is 14.0. The van der Waals surface area contributed by atoms with Gasteiger partial charge in [0.15, 0.2) is 0 Å². The predicted octanol–water partition coefficient (Wildman–Crippen LogP) is 2.79. The summed E-state index contributed by atoms with van der Waals surface area (Å²) >= 11 is 0. The zero-order valence-electron chi connectivity index (χ0n) is 12.1. The molecule has 1 saturated heterocycles. The van der Waals surface area contributed by atoms with Crippen molar-refractivity contribution >= 4 is 5.97 Å². The van der Waals surface area contributed by atoms with Crippen LogP contribution in [0.15, 0.2) is 30.3 Å². The van der Waals surface area contributed by atoms with Crippen molar-refractivity contribution in [1.82, 2.24) is 5.32 Å². The number of hydrogen-bond donors (Lipinski definition) is 1. The van der Waals surface area contributed by atoms with E-state index < -0.39 is 0 Å². The van der Waals surface area contributed by atoms with E-state index in [1.54, 1.807) is 0 Å². The summed E-state index contributed by atoms with van der Waals surface area (Å²) in [5, 5.41) is 3.47. The van der Waals surface area contributed by atoms with Crippen molar-refractivity contribution in [3.05, 3.63) is 35.9 Å². The van der Waals surface area contributed by atoms with E-state index in [1.807, 2.05) is 6.92 Å². The first-order valence-electron chi connectivity index (χ1n) is 7.69. The van der Waals surface area contributed by atoms with Crippen molar-refractivity contribution in [2.45, 2.75) is 56.6 Å². The Kier molecular flexibility index (Phi) is 3.79. The number of nitrogens with one attached hydrogen (secondary N) is 1. The highest BCUT2D eigenvalue weighted by molar-refractivity contribution is 5.77. The Labute approximate surface area is 120 Å². The molecular weight excluding hydrogens is 250 g/mol. The SMILES string of the molecule is C[C@@H]1C[C@H](NCC2(c3ccccc3)CCCC2)C(=O)O1. The second-order valence-electron chi connectivity index (χ2n) is 6.27. The van der Waals surface area contributed by atoms with Gasteiger partial charge in [-0.3, -0.25) is 4.79 Å². The van der Waals surface area contributed by atoms with Crippen LogP contribution >= 0.6 is 0 Å². The van der Waals surface area contributed by atoms with E-state index in [2.05, 4.69) is 35.6 Å². The summed E-state index contributed by atoms with van der Waals surface area (Å²) in [6.45, 7) is 2.84. The maximum absolute atomic E-state index is 11.7. The fourth-order valence-electron chi connectivity index (χ4n) is 3.65. The van der Waals surface area contributed by atoms with E-state index in [1.165, 1.54) is 31.2 Å². The molecule has 0 bridgehead atoms. The maximum Gasteiger partial charge on any atom is 0.323 e. The normalized spacial score (nSPS) is 28.6. The predicted molar refractivity (Wildman–Crippen MR) is 78.5 cm³/mol. The van der Waals surface area contributed by atoms with Gasteiger partial charge in [-0.2, -0.15) is 0 Å². The lowest BCUT2D eigenvalue weighted by Crippen LogP contribution is -2.43. The first-order valence-corrected chi connectivity index (χ1v) is 7.69. The molecule has 2 atom stereocenters. The molecule has 2 fully saturated rings. The van der Waals surface area contributed by atoms with Gasteiger partial charge >= 0.3 is 5.97 Å². The average Bonchev–Trinajstić information content (AvgIpc) is 3.05. The molecule has 2 aliphatic rings. The lowest BCUT2D eigenvalue weighted by atomic mass is 9.78. The van der Waals surface area contributed by atoms with E-state index in [-0.39, 0.29) is 23.5 Å². The van der Waals surface area contributed by atoms with Crippen LogP contribution in [0.2, 0.25) is 0 Å². The number of carbonyl (C=O) groups is 1. The molecule has 1 aliphatic carbocycles. The number of hydrogen-bond acceptors (Lipinski definition) is 3. The van der Waals surface area contributed by atoms with Crippen LogP contribution in [0.25, 0.3) is 0 Å². The molecule has 0 amide bonds. The zero-order valence-corrected chi connectivity index (χ0v) is 12.1. The third kappa shape index (κ3) is 2.59. The highest BCUT2D eigenvalue weighted by Gasteiger charge is 2.38. The third-order valence-electron chi connectivity index (χ3n) is 4.80. The lowest BCUT2D eigenvalue weighted by molar-refractivity contribution is -0.142. The van der Waals surface area contributed by atoms with E-state index in [0.29, 0.717) is 0 Å². The highest BCUT2D eigenvalue weighted by atomic mass is 16.6. The highest BCUT2D eigenvalue weighted by Crippen LogP contribution is 2.40. The monoisotopic (exact) mass is 273 g/mol. The number of cyclic esters (lactones) is 1. The Bertz CT molecular complexity index is 465. The second-order valence-corrected chi connectivity index (χ2v) is 6.27. The largest absolute Gasteiger partial charge is 0.461 e. The van der Waals surface area contributed by atoms with E-state index in [9.17, 15) is 4.79 Å². The summed E-state index contributed by atoms with van der Waals surface area (Å²) in [6, 6.07) is 10.6. The maximum atomic E-state index is 11.7. The summed E-state index contributed by atoms with van der Waals surface area (Å²) in [6.07, 6.45) is 5.83. The topological polar surface area (TPSA) is 38.3 Å². The summed E-state index contributed by atoms with van der Waals surface area (Å²) < 4.78 is 5.23. The molecule has 20 heavy (non-hydrogen) atoms. The van der Waals surface area contributed by atoms with Crippen LogP contribution in [-0.4, -0.2) is 24.7 Å². The summed E-state index contributed by atoms with van der Waals surface area (Å²) in [5.41, 5.74) is 1.61. The number of benzene rings is 1. The molecule has 1 N–H and O–H groups in total. The van der Waals surface area contributed by atoms with Crippen molar-refractivity contribution in [1.29, 1.82) is 0 Å². The Morgan fingerprint density at radius 3 is 2.55 bits per heavy atom. The van der Waals surface area contributed by atoms with Gasteiger partial charge in [0.2, 0.25) is 0 Å². The fourth-order valence-corrected chi connectivity index (χ4v) is 3.65. The minimum Gasteiger partial charge on any atom is -0.461 e. The van der Waals surface area contributed by atoms with Crippen LogP contribution in [0.4, 0.5) is 0 Å². The van der Waals surface area contributed by atoms with Gasteiger partial charge in [-0.05, 0) is 25.3 Å². The molecule has 0 radical (unpaired) electrons. The van der Waals surface area contributed by atoms with Gasteiger partial charge in [-0.15, -0.1) is 0 Å². The van der Waals surface area contributed by atoms with Crippen LogP contribution in [0.1, 0.15) is 44.6 Å². The molecular formula is C17H23NO2. The van der Waals surface area contributed by atoms with E-state index >= 15 is 0 Å². The molecule has 1 aromatic carbocycles. The minimum atomic E-state index is -0.119. The number of carbonyl (C=O) groups excluding carboxylic acids is 1. The summed E-state index contributed by atoms with van der Waals surface area (Å²) in [7, 11) is 0. The number of rotatable bonds is 4. The number of esters is 1. The Hall–Kier alpha value is -1.35. The second kappa shape index (κ2) is 5.57. The van der Waals surface area contributed by atoms with Gasteiger partial charge in [0.1, 0.15) is 12.1 Å². The Morgan fingerprint density at radius 2 is 1.95 bits per heavy atom. The Balaban J connectivity index is 1.71. The quantitative estimate of drug-likeness (QED) is 0.857.